The molecule has 0 saturated carbocycles. The zero-order valence-electron chi connectivity index (χ0n) is 13.3. The molecule has 2 N–H and O–H groups in total. The number of aromatic nitrogens is 1. The summed E-state index contributed by atoms with van der Waals surface area (Å²) in [5.74, 6) is 0.105. The zero-order chi connectivity index (χ0) is 16.8. The Balaban J connectivity index is 1.96. The Bertz CT molecular complexity index is 858. The van der Waals surface area contributed by atoms with Gasteiger partial charge in [0.25, 0.3) is 11.5 Å². The quantitative estimate of drug-likeness (QED) is 0.891. The molecule has 1 aliphatic carbocycles. The van der Waals surface area contributed by atoms with Crippen LogP contribution in [0.25, 0.3) is 0 Å². The second kappa shape index (κ2) is 5.22. The highest BCUT2D eigenvalue weighted by Crippen LogP contribution is 2.38. The number of fused-ring (bicyclic) bond motifs is 1. The van der Waals surface area contributed by atoms with Gasteiger partial charge in [-0.2, -0.15) is 0 Å². The number of Topliss-reactive ketones (excluding diaryl/α,β-unsaturated/α-hetero) is 1. The molecule has 0 aromatic carbocycles. The lowest BCUT2D eigenvalue weighted by molar-refractivity contribution is 0.0898. The first kappa shape index (κ1) is 15.3. The Kier molecular flexibility index (Phi) is 3.47. The number of nitrogens with one attached hydrogen (secondary N) is 2. The minimum absolute atomic E-state index is 0.00546. The first-order chi connectivity index (χ1) is 10.8. The van der Waals surface area contributed by atoms with Crippen molar-refractivity contribution in [1.29, 1.82) is 0 Å². The Labute approximate surface area is 132 Å². The van der Waals surface area contributed by atoms with Gasteiger partial charge in [0.2, 0.25) is 0 Å². The molecular formula is C17H18N2O4. The number of pyridine rings is 1. The molecule has 23 heavy (non-hydrogen) atoms. The summed E-state index contributed by atoms with van der Waals surface area (Å²) in [7, 11) is 0. The van der Waals surface area contributed by atoms with Crippen LogP contribution in [0.5, 0.6) is 0 Å². The Morgan fingerprint density at radius 1 is 1.30 bits per heavy atom. The van der Waals surface area contributed by atoms with Crippen molar-refractivity contribution in [3.8, 4) is 0 Å². The number of hydrogen-bond acceptors (Lipinski definition) is 4. The summed E-state index contributed by atoms with van der Waals surface area (Å²) in [6, 6.07) is 3.12. The number of H-pyrrole nitrogens is 1. The molecule has 0 bridgehead atoms. The van der Waals surface area contributed by atoms with E-state index in [4.69, 9.17) is 4.42 Å². The van der Waals surface area contributed by atoms with Gasteiger partial charge in [-0.15, -0.1) is 0 Å². The smallest absolute Gasteiger partial charge is 0.291 e. The number of rotatable bonds is 2. The molecule has 0 spiro atoms. The number of amides is 1. The predicted octanol–water partition coefficient (Wildman–Crippen LogP) is 2.68. The maximum absolute atomic E-state index is 12.4. The van der Waals surface area contributed by atoms with E-state index >= 15 is 0 Å². The van der Waals surface area contributed by atoms with Crippen molar-refractivity contribution in [3.05, 3.63) is 51.3 Å². The number of carbonyl (C=O) groups is 2. The van der Waals surface area contributed by atoms with Crippen LogP contribution in [0.4, 0.5) is 5.69 Å². The summed E-state index contributed by atoms with van der Waals surface area (Å²) < 4.78 is 5.67. The summed E-state index contributed by atoms with van der Waals surface area (Å²) >= 11 is 0. The van der Waals surface area contributed by atoms with Crippen molar-refractivity contribution in [2.24, 2.45) is 5.41 Å². The number of carbonyl (C=O) groups excluding carboxylic acids is 2. The third-order valence-corrected chi connectivity index (χ3v) is 4.05. The van der Waals surface area contributed by atoms with E-state index in [0.717, 1.165) is 0 Å². The molecule has 0 atom stereocenters. The highest BCUT2D eigenvalue weighted by molar-refractivity contribution is 6.07. The molecule has 2 heterocycles. The summed E-state index contributed by atoms with van der Waals surface area (Å²) in [6.07, 6.45) is 2.52. The van der Waals surface area contributed by atoms with Gasteiger partial charge in [0, 0.05) is 24.6 Å². The van der Waals surface area contributed by atoms with E-state index in [1.807, 2.05) is 13.8 Å². The maximum Gasteiger partial charge on any atom is 0.291 e. The standard InChI is InChI=1S/C17H18N2O4/c1-9-13-11(20)7-17(2,3)8-12(13)23-14(9)16(22)19-10-5-4-6-18-15(10)21/h4-6H,7-8H2,1-3H3,(H,18,21)(H,19,22). The van der Waals surface area contributed by atoms with Crippen molar-refractivity contribution < 1.29 is 14.0 Å². The number of aromatic amines is 1. The lowest BCUT2D eigenvalue weighted by Crippen LogP contribution is -2.26. The molecule has 0 radical (unpaired) electrons. The average molecular weight is 314 g/mol. The van der Waals surface area contributed by atoms with Gasteiger partial charge in [-0.1, -0.05) is 13.8 Å². The van der Waals surface area contributed by atoms with Crippen LogP contribution < -0.4 is 10.9 Å². The fourth-order valence-corrected chi connectivity index (χ4v) is 3.00. The van der Waals surface area contributed by atoms with Crippen LogP contribution in [0.15, 0.2) is 27.5 Å². The summed E-state index contributed by atoms with van der Waals surface area (Å²) in [6.45, 7) is 5.69. The first-order valence-corrected chi connectivity index (χ1v) is 7.43. The number of hydrogen-bond donors (Lipinski definition) is 2. The van der Waals surface area contributed by atoms with Crippen LogP contribution in [0.3, 0.4) is 0 Å². The van der Waals surface area contributed by atoms with E-state index in [9.17, 15) is 14.4 Å². The molecule has 120 valence electrons. The fraction of sp³-hybridized carbons (Fsp3) is 0.353. The van der Waals surface area contributed by atoms with E-state index in [2.05, 4.69) is 10.3 Å². The molecule has 2 aromatic rings. The molecule has 0 unspecified atom stereocenters. The lowest BCUT2D eigenvalue weighted by atomic mass is 9.76. The Hall–Kier alpha value is -2.63. The molecule has 1 amide bonds. The summed E-state index contributed by atoms with van der Waals surface area (Å²) in [5, 5.41) is 2.52. The summed E-state index contributed by atoms with van der Waals surface area (Å²) in [5.41, 5.74) is 0.602. The molecule has 6 nitrogen and oxygen atoms in total. The van der Waals surface area contributed by atoms with Gasteiger partial charge in [-0.3, -0.25) is 14.4 Å². The lowest BCUT2D eigenvalue weighted by Gasteiger charge is -2.27. The van der Waals surface area contributed by atoms with Crippen LogP contribution in [0.2, 0.25) is 0 Å². The first-order valence-electron chi connectivity index (χ1n) is 7.43. The second-order valence-corrected chi connectivity index (χ2v) is 6.66. The van der Waals surface area contributed by atoms with E-state index in [0.29, 0.717) is 29.7 Å². The average Bonchev–Trinajstić information content (AvgIpc) is 2.77. The highest BCUT2D eigenvalue weighted by Gasteiger charge is 2.37. The van der Waals surface area contributed by atoms with Crippen molar-refractivity contribution >= 4 is 17.4 Å². The fourth-order valence-electron chi connectivity index (χ4n) is 3.00. The van der Waals surface area contributed by atoms with Crippen LogP contribution in [0, 0.1) is 12.3 Å². The SMILES string of the molecule is Cc1c(C(=O)Nc2ccc[nH]c2=O)oc2c1C(=O)CC(C)(C)C2. The zero-order valence-corrected chi connectivity index (χ0v) is 13.3. The molecule has 0 saturated heterocycles. The van der Waals surface area contributed by atoms with E-state index in [1.54, 1.807) is 13.0 Å². The van der Waals surface area contributed by atoms with E-state index in [1.165, 1.54) is 12.3 Å². The molecule has 3 rings (SSSR count). The predicted molar refractivity (Wildman–Crippen MR) is 84.9 cm³/mol. The van der Waals surface area contributed by atoms with Crippen LogP contribution in [-0.4, -0.2) is 16.7 Å². The number of anilines is 1. The molecule has 0 aliphatic heterocycles. The highest BCUT2D eigenvalue weighted by atomic mass is 16.4. The van der Waals surface area contributed by atoms with Crippen LogP contribution in [-0.2, 0) is 6.42 Å². The van der Waals surface area contributed by atoms with Gasteiger partial charge in [0.1, 0.15) is 11.4 Å². The van der Waals surface area contributed by atoms with Crippen LogP contribution >= 0.6 is 0 Å². The van der Waals surface area contributed by atoms with Gasteiger partial charge in [0.15, 0.2) is 11.5 Å². The second-order valence-electron chi connectivity index (χ2n) is 6.66. The topological polar surface area (TPSA) is 92.2 Å². The summed E-state index contributed by atoms with van der Waals surface area (Å²) in [4.78, 5) is 38.9. The molecule has 0 fully saturated rings. The van der Waals surface area contributed by atoms with E-state index in [-0.39, 0.29) is 22.6 Å². The minimum Gasteiger partial charge on any atom is -0.455 e. The van der Waals surface area contributed by atoms with Crippen molar-refractivity contribution in [2.75, 3.05) is 5.32 Å². The van der Waals surface area contributed by atoms with Crippen molar-refractivity contribution in [2.45, 2.75) is 33.6 Å². The normalized spacial score (nSPS) is 16.0. The minimum atomic E-state index is -0.529. The third-order valence-electron chi connectivity index (χ3n) is 4.05. The molecule has 1 aliphatic rings. The monoisotopic (exact) mass is 314 g/mol. The number of furan rings is 1. The Morgan fingerprint density at radius 2 is 2.04 bits per heavy atom. The third kappa shape index (κ3) is 2.72. The van der Waals surface area contributed by atoms with Gasteiger partial charge in [-0.05, 0) is 24.5 Å². The molecular weight excluding hydrogens is 296 g/mol. The van der Waals surface area contributed by atoms with Crippen molar-refractivity contribution in [3.63, 3.8) is 0 Å². The van der Waals surface area contributed by atoms with E-state index < -0.39 is 11.5 Å². The van der Waals surface area contributed by atoms with Crippen LogP contribution in [0.1, 0.15) is 52.5 Å². The largest absolute Gasteiger partial charge is 0.455 e. The molecule has 6 heteroatoms. The van der Waals surface area contributed by atoms with Crippen molar-refractivity contribution in [1.82, 2.24) is 4.98 Å². The molecule has 2 aromatic heterocycles. The Morgan fingerprint density at radius 3 is 2.74 bits per heavy atom. The maximum atomic E-state index is 12.4. The van der Waals surface area contributed by atoms with Gasteiger partial charge < -0.3 is 14.7 Å². The van der Waals surface area contributed by atoms with Gasteiger partial charge in [0.05, 0.1) is 5.56 Å². The van der Waals surface area contributed by atoms with Gasteiger partial charge >= 0.3 is 0 Å². The van der Waals surface area contributed by atoms with Gasteiger partial charge in [-0.25, -0.2) is 0 Å². The number of ketones is 1.